The van der Waals surface area contributed by atoms with Crippen molar-refractivity contribution >= 4 is 23.4 Å². The Labute approximate surface area is 134 Å². The number of benzene rings is 1. The molecule has 0 spiro atoms. The molecule has 0 aliphatic heterocycles. The molecule has 0 aliphatic carbocycles. The van der Waals surface area contributed by atoms with Crippen LogP contribution in [-0.2, 0) is 14.4 Å². The summed E-state index contributed by atoms with van der Waals surface area (Å²) in [6, 6.07) is 5.54. The Kier molecular flexibility index (Phi) is 7.69. The number of hydrogen-bond acceptors (Lipinski definition) is 4. The Morgan fingerprint density at radius 1 is 1.09 bits per heavy atom. The maximum Gasteiger partial charge on any atom is 0.239 e. The average molecular weight is 324 g/mol. The highest BCUT2D eigenvalue weighted by molar-refractivity contribution is 5.92. The Balaban J connectivity index is 2.32. The maximum absolute atomic E-state index is 13.0. The second-order valence-electron chi connectivity index (χ2n) is 4.96. The number of carbonyl (C=O) groups is 3. The molecule has 0 saturated carbocycles. The summed E-state index contributed by atoms with van der Waals surface area (Å²) in [5.41, 5.74) is 0.351. The van der Waals surface area contributed by atoms with Crippen molar-refractivity contribution in [3.63, 3.8) is 0 Å². The molecule has 1 aromatic carbocycles. The van der Waals surface area contributed by atoms with Crippen LogP contribution in [0.4, 0.5) is 10.1 Å². The fourth-order valence-electron chi connectivity index (χ4n) is 1.81. The second-order valence-corrected chi connectivity index (χ2v) is 4.96. The van der Waals surface area contributed by atoms with Gasteiger partial charge in [-0.15, -0.1) is 0 Å². The van der Waals surface area contributed by atoms with Crippen molar-refractivity contribution < 1.29 is 18.8 Å². The smallest absolute Gasteiger partial charge is 0.239 e. The van der Waals surface area contributed by atoms with Gasteiger partial charge < -0.3 is 16.0 Å². The molecule has 0 fully saturated rings. The van der Waals surface area contributed by atoms with Crippen molar-refractivity contribution in [3.05, 3.63) is 30.1 Å². The zero-order chi connectivity index (χ0) is 17.2. The highest BCUT2D eigenvalue weighted by Crippen LogP contribution is 2.08. The van der Waals surface area contributed by atoms with Crippen molar-refractivity contribution in [2.24, 2.45) is 0 Å². The molecule has 3 N–H and O–H groups in total. The lowest BCUT2D eigenvalue weighted by atomic mass is 10.3. The summed E-state index contributed by atoms with van der Waals surface area (Å²) in [6.07, 6.45) is 0. The minimum atomic E-state index is -0.444. The first-order chi connectivity index (χ1) is 10.9. The van der Waals surface area contributed by atoms with E-state index in [4.69, 9.17) is 0 Å². The zero-order valence-corrected chi connectivity index (χ0v) is 13.2. The summed E-state index contributed by atoms with van der Waals surface area (Å²) in [4.78, 5) is 36.1. The topological polar surface area (TPSA) is 90.5 Å². The van der Waals surface area contributed by atoms with Crippen LogP contribution in [0.5, 0.6) is 0 Å². The zero-order valence-electron chi connectivity index (χ0n) is 13.2. The number of nitrogens with zero attached hydrogens (tertiary/aromatic N) is 1. The van der Waals surface area contributed by atoms with Gasteiger partial charge in [0.05, 0.1) is 19.6 Å². The van der Waals surface area contributed by atoms with Gasteiger partial charge in [-0.2, -0.15) is 0 Å². The van der Waals surface area contributed by atoms with E-state index in [0.29, 0.717) is 12.2 Å². The number of anilines is 1. The van der Waals surface area contributed by atoms with Gasteiger partial charge in [-0.1, -0.05) is 6.07 Å². The van der Waals surface area contributed by atoms with Gasteiger partial charge in [-0.25, -0.2) is 4.39 Å². The van der Waals surface area contributed by atoms with Crippen molar-refractivity contribution in [1.82, 2.24) is 15.5 Å². The van der Waals surface area contributed by atoms with Crippen LogP contribution in [0.2, 0.25) is 0 Å². The van der Waals surface area contributed by atoms with Gasteiger partial charge in [0.25, 0.3) is 0 Å². The summed E-state index contributed by atoms with van der Waals surface area (Å²) in [5.74, 6) is -1.44. The minimum absolute atomic E-state index is 0.0318. The fraction of sp³-hybridized carbons (Fsp3) is 0.400. The van der Waals surface area contributed by atoms with Crippen LogP contribution in [0.25, 0.3) is 0 Å². The number of halogens is 1. The van der Waals surface area contributed by atoms with Crippen molar-refractivity contribution in [1.29, 1.82) is 0 Å². The van der Waals surface area contributed by atoms with Gasteiger partial charge in [0.2, 0.25) is 17.7 Å². The number of nitrogens with one attached hydrogen (secondary N) is 3. The molecule has 3 amide bonds. The van der Waals surface area contributed by atoms with E-state index in [9.17, 15) is 18.8 Å². The molecular weight excluding hydrogens is 303 g/mol. The monoisotopic (exact) mass is 324 g/mol. The predicted octanol–water partition coefficient (Wildman–Crippen LogP) is -0.0517. The lowest BCUT2D eigenvalue weighted by Gasteiger charge is -2.16. The molecule has 0 heterocycles. The SMILES string of the molecule is CCNC(=O)CNC(=O)CN(C)CC(=O)Nc1cccc(F)c1. The van der Waals surface area contributed by atoms with Gasteiger partial charge in [0.1, 0.15) is 5.82 Å². The van der Waals surface area contributed by atoms with E-state index in [1.165, 1.54) is 23.1 Å². The molecule has 8 heteroatoms. The second kappa shape index (κ2) is 9.52. The first-order valence-electron chi connectivity index (χ1n) is 7.18. The summed E-state index contributed by atoms with van der Waals surface area (Å²) >= 11 is 0. The average Bonchev–Trinajstić information content (AvgIpc) is 2.45. The third-order valence-electron chi connectivity index (χ3n) is 2.76. The molecule has 0 unspecified atom stereocenters. The number of carbonyl (C=O) groups excluding carboxylic acids is 3. The predicted molar refractivity (Wildman–Crippen MR) is 84.2 cm³/mol. The van der Waals surface area contributed by atoms with Gasteiger partial charge in [0.15, 0.2) is 0 Å². The molecule has 1 rings (SSSR count). The van der Waals surface area contributed by atoms with Crippen LogP contribution in [0, 0.1) is 5.82 Å². The molecule has 23 heavy (non-hydrogen) atoms. The van der Waals surface area contributed by atoms with Crippen LogP contribution in [0.15, 0.2) is 24.3 Å². The quantitative estimate of drug-likeness (QED) is 0.625. The first kappa shape index (κ1) is 18.6. The summed E-state index contributed by atoms with van der Waals surface area (Å²) in [6.45, 7) is 2.11. The third kappa shape index (κ3) is 7.91. The minimum Gasteiger partial charge on any atom is -0.355 e. The Hall–Kier alpha value is -2.48. The molecule has 0 atom stereocenters. The highest BCUT2D eigenvalue weighted by Gasteiger charge is 2.12. The largest absolute Gasteiger partial charge is 0.355 e. The van der Waals surface area contributed by atoms with Gasteiger partial charge in [-0.3, -0.25) is 19.3 Å². The highest BCUT2D eigenvalue weighted by atomic mass is 19.1. The first-order valence-corrected chi connectivity index (χ1v) is 7.18. The Morgan fingerprint density at radius 3 is 2.43 bits per heavy atom. The lowest BCUT2D eigenvalue weighted by molar-refractivity contribution is -0.127. The van der Waals surface area contributed by atoms with Crippen LogP contribution in [0.3, 0.4) is 0 Å². The summed E-state index contributed by atoms with van der Waals surface area (Å²) in [7, 11) is 1.59. The standard InChI is InChI=1S/C15H21FN4O3/c1-3-17-13(21)8-18-14(22)9-20(2)10-15(23)19-12-6-4-5-11(16)7-12/h4-7H,3,8-10H2,1-2H3,(H,17,21)(H,18,22)(H,19,23). The Morgan fingerprint density at radius 2 is 1.78 bits per heavy atom. The molecule has 0 aromatic heterocycles. The fourth-order valence-corrected chi connectivity index (χ4v) is 1.81. The van der Waals surface area contributed by atoms with Crippen molar-refractivity contribution in [3.8, 4) is 0 Å². The van der Waals surface area contributed by atoms with Crippen molar-refractivity contribution in [2.75, 3.05) is 38.5 Å². The molecule has 7 nitrogen and oxygen atoms in total. The van der Waals surface area contributed by atoms with E-state index in [0.717, 1.165) is 0 Å². The van der Waals surface area contributed by atoms with Crippen LogP contribution in [0.1, 0.15) is 6.92 Å². The summed E-state index contributed by atoms with van der Waals surface area (Å²) < 4.78 is 13.0. The van der Waals surface area contributed by atoms with E-state index in [1.54, 1.807) is 20.0 Å². The lowest BCUT2D eigenvalue weighted by Crippen LogP contribution is -2.42. The van der Waals surface area contributed by atoms with E-state index >= 15 is 0 Å². The molecule has 1 aromatic rings. The van der Waals surface area contributed by atoms with Crippen LogP contribution >= 0.6 is 0 Å². The molecule has 126 valence electrons. The number of amides is 3. The third-order valence-corrected chi connectivity index (χ3v) is 2.76. The van der Waals surface area contributed by atoms with E-state index < -0.39 is 5.82 Å². The normalized spacial score (nSPS) is 10.3. The number of rotatable bonds is 8. The van der Waals surface area contributed by atoms with Crippen LogP contribution in [-0.4, -0.2) is 55.8 Å². The van der Waals surface area contributed by atoms with Gasteiger partial charge in [-0.05, 0) is 32.2 Å². The van der Waals surface area contributed by atoms with Crippen LogP contribution < -0.4 is 16.0 Å². The van der Waals surface area contributed by atoms with E-state index in [-0.39, 0.29) is 37.4 Å². The molecular formula is C15H21FN4O3. The Bertz CT molecular complexity index is 565. The van der Waals surface area contributed by atoms with Gasteiger partial charge in [0, 0.05) is 12.2 Å². The number of likely N-dealkylation sites (N-methyl/N-ethyl adjacent to an activating group) is 2. The molecule has 0 saturated heterocycles. The van der Waals surface area contributed by atoms with E-state index in [2.05, 4.69) is 16.0 Å². The molecule has 0 bridgehead atoms. The van der Waals surface area contributed by atoms with E-state index in [1.807, 2.05) is 0 Å². The maximum atomic E-state index is 13.0. The summed E-state index contributed by atoms with van der Waals surface area (Å²) in [5, 5.41) is 7.55. The number of hydrogen-bond donors (Lipinski definition) is 3. The molecule has 0 aliphatic rings. The van der Waals surface area contributed by atoms with Gasteiger partial charge >= 0.3 is 0 Å². The molecule has 0 radical (unpaired) electrons. The van der Waals surface area contributed by atoms with Crippen molar-refractivity contribution in [2.45, 2.75) is 6.92 Å².